The summed E-state index contributed by atoms with van der Waals surface area (Å²) in [5.74, 6) is 0.0463. The predicted molar refractivity (Wildman–Crippen MR) is 90.4 cm³/mol. The minimum Gasteiger partial charge on any atom is -0.493 e. The molecule has 3 rings (SSSR count). The molecule has 0 unspecified atom stereocenters. The maximum absolute atomic E-state index is 10.5. The van der Waals surface area contributed by atoms with Gasteiger partial charge in [0.15, 0.2) is 5.69 Å². The molecule has 0 aliphatic heterocycles. The molecule has 110 valence electrons. The average molecular weight is 310 g/mol. The molecule has 0 bridgehead atoms. The van der Waals surface area contributed by atoms with E-state index in [4.69, 9.17) is 18.0 Å². The summed E-state index contributed by atoms with van der Waals surface area (Å²) >= 11 is 4.70. The van der Waals surface area contributed by atoms with Crippen LogP contribution in [0, 0.1) is 0 Å². The molecular weight excluding hydrogens is 296 g/mol. The van der Waals surface area contributed by atoms with Gasteiger partial charge in [0.05, 0.1) is 12.1 Å². The van der Waals surface area contributed by atoms with Gasteiger partial charge in [0.25, 0.3) is 0 Å². The highest BCUT2D eigenvalue weighted by Crippen LogP contribution is 2.39. The maximum atomic E-state index is 10.5. The molecule has 0 fully saturated rings. The van der Waals surface area contributed by atoms with Crippen LogP contribution in [-0.4, -0.2) is 14.8 Å². The van der Waals surface area contributed by atoms with Crippen LogP contribution >= 0.6 is 12.2 Å². The molecule has 1 heterocycles. The van der Waals surface area contributed by atoms with E-state index in [0.29, 0.717) is 12.2 Å². The molecule has 2 aromatic carbocycles. The Balaban J connectivity index is 2.14. The van der Waals surface area contributed by atoms with Crippen molar-refractivity contribution in [3.05, 3.63) is 60.2 Å². The Hall–Kier alpha value is -2.73. The van der Waals surface area contributed by atoms with Gasteiger partial charge in [-0.2, -0.15) is 0 Å². The van der Waals surface area contributed by atoms with E-state index in [-0.39, 0.29) is 11.0 Å². The monoisotopic (exact) mass is 310 g/mol. The first kappa shape index (κ1) is 14.2. The van der Waals surface area contributed by atoms with Crippen molar-refractivity contribution in [2.75, 3.05) is 0 Å². The number of hydrogen-bond acceptors (Lipinski definition) is 3. The quantitative estimate of drug-likeness (QED) is 0.572. The lowest BCUT2D eigenvalue weighted by molar-refractivity contribution is 0.429. The Morgan fingerprint density at radius 3 is 2.50 bits per heavy atom. The van der Waals surface area contributed by atoms with Gasteiger partial charge >= 0.3 is 0 Å². The SMILES string of the molecule is NC(=S)N=Nc1c(O)n(Cc2ccccc2)c2ccccc12. The summed E-state index contributed by atoms with van der Waals surface area (Å²) in [6.07, 6.45) is 0. The molecule has 0 amide bonds. The summed E-state index contributed by atoms with van der Waals surface area (Å²) in [4.78, 5) is 0. The van der Waals surface area contributed by atoms with E-state index < -0.39 is 0 Å². The molecule has 0 saturated carbocycles. The van der Waals surface area contributed by atoms with Crippen molar-refractivity contribution in [2.24, 2.45) is 16.0 Å². The van der Waals surface area contributed by atoms with Gasteiger partial charge in [0, 0.05) is 5.39 Å². The number of benzene rings is 2. The molecule has 0 radical (unpaired) electrons. The Morgan fingerprint density at radius 2 is 1.77 bits per heavy atom. The second kappa shape index (κ2) is 5.95. The first-order chi connectivity index (χ1) is 10.7. The molecule has 1 aromatic heterocycles. The molecule has 0 spiro atoms. The highest BCUT2D eigenvalue weighted by Gasteiger charge is 2.16. The number of azo groups is 1. The number of nitrogens with zero attached hydrogens (tertiary/aromatic N) is 3. The van der Waals surface area contributed by atoms with Crippen LogP contribution in [0.3, 0.4) is 0 Å². The van der Waals surface area contributed by atoms with E-state index in [1.54, 1.807) is 4.57 Å². The van der Waals surface area contributed by atoms with Gasteiger partial charge in [0.1, 0.15) is 0 Å². The van der Waals surface area contributed by atoms with Crippen LogP contribution in [0.2, 0.25) is 0 Å². The number of rotatable bonds is 3. The predicted octanol–water partition coefficient (Wildman–Crippen LogP) is 3.72. The van der Waals surface area contributed by atoms with E-state index in [0.717, 1.165) is 16.5 Å². The summed E-state index contributed by atoms with van der Waals surface area (Å²) < 4.78 is 1.79. The molecular formula is C16H14N4OS. The van der Waals surface area contributed by atoms with Gasteiger partial charge in [-0.3, -0.25) is 0 Å². The van der Waals surface area contributed by atoms with E-state index in [2.05, 4.69) is 10.2 Å². The third kappa shape index (κ3) is 2.68. The second-order valence-electron chi connectivity index (χ2n) is 4.80. The summed E-state index contributed by atoms with van der Waals surface area (Å²) in [7, 11) is 0. The lowest BCUT2D eigenvalue weighted by Gasteiger charge is -2.06. The van der Waals surface area contributed by atoms with Crippen molar-refractivity contribution in [1.29, 1.82) is 0 Å². The van der Waals surface area contributed by atoms with Crippen LogP contribution in [0.4, 0.5) is 5.69 Å². The normalized spacial score (nSPS) is 11.3. The van der Waals surface area contributed by atoms with Crippen LogP contribution < -0.4 is 5.73 Å². The fraction of sp³-hybridized carbons (Fsp3) is 0.0625. The fourth-order valence-electron chi connectivity index (χ4n) is 2.40. The molecule has 3 aromatic rings. The van der Waals surface area contributed by atoms with Crippen LogP contribution in [0.25, 0.3) is 10.9 Å². The van der Waals surface area contributed by atoms with Gasteiger partial charge in [-0.15, -0.1) is 10.2 Å². The zero-order valence-corrected chi connectivity index (χ0v) is 12.5. The van der Waals surface area contributed by atoms with E-state index in [9.17, 15) is 5.11 Å². The highest BCUT2D eigenvalue weighted by molar-refractivity contribution is 7.80. The van der Waals surface area contributed by atoms with Crippen molar-refractivity contribution >= 4 is 33.9 Å². The Kier molecular flexibility index (Phi) is 3.84. The summed E-state index contributed by atoms with van der Waals surface area (Å²) in [5, 5.41) is 18.9. The summed E-state index contributed by atoms with van der Waals surface area (Å²) in [5.41, 5.74) is 7.68. The summed E-state index contributed by atoms with van der Waals surface area (Å²) in [6.45, 7) is 0.537. The van der Waals surface area contributed by atoms with Crippen molar-refractivity contribution < 1.29 is 5.11 Å². The fourth-order valence-corrected chi connectivity index (χ4v) is 2.44. The molecule has 5 nitrogen and oxygen atoms in total. The number of aromatic nitrogens is 1. The third-order valence-electron chi connectivity index (χ3n) is 3.35. The molecule has 3 N–H and O–H groups in total. The van der Waals surface area contributed by atoms with Crippen molar-refractivity contribution in [1.82, 2.24) is 4.57 Å². The molecule has 6 heteroatoms. The van der Waals surface area contributed by atoms with Gasteiger partial charge in [-0.1, -0.05) is 48.5 Å². The molecule has 22 heavy (non-hydrogen) atoms. The van der Waals surface area contributed by atoms with Gasteiger partial charge in [-0.05, 0) is 23.8 Å². The topological polar surface area (TPSA) is 75.9 Å². The van der Waals surface area contributed by atoms with E-state index >= 15 is 0 Å². The molecule has 0 aliphatic carbocycles. The van der Waals surface area contributed by atoms with Gasteiger partial charge in [0.2, 0.25) is 11.0 Å². The molecule has 0 atom stereocenters. The zero-order valence-electron chi connectivity index (χ0n) is 11.7. The largest absolute Gasteiger partial charge is 0.493 e. The van der Waals surface area contributed by atoms with Crippen LogP contribution in [0.15, 0.2) is 64.8 Å². The number of thiocarbonyl (C=S) groups is 1. The first-order valence-electron chi connectivity index (χ1n) is 6.72. The standard InChI is InChI=1S/C16H14N4OS/c17-16(22)19-18-14-12-8-4-5-9-13(12)20(15(14)21)10-11-6-2-1-3-7-11/h1-9,21H,10H2,(H2,17,22). The smallest absolute Gasteiger partial charge is 0.221 e. The minimum absolute atomic E-state index is 0.0463. The van der Waals surface area contributed by atoms with Crippen LogP contribution in [0.1, 0.15) is 5.56 Å². The van der Waals surface area contributed by atoms with Crippen molar-refractivity contribution in [3.8, 4) is 5.88 Å². The number of para-hydroxylation sites is 1. The van der Waals surface area contributed by atoms with Crippen molar-refractivity contribution in [2.45, 2.75) is 6.54 Å². The van der Waals surface area contributed by atoms with E-state index in [1.165, 1.54) is 0 Å². The van der Waals surface area contributed by atoms with Gasteiger partial charge < -0.3 is 15.4 Å². The Bertz CT molecular complexity index is 855. The molecule has 0 aliphatic rings. The number of hydrogen-bond donors (Lipinski definition) is 2. The van der Waals surface area contributed by atoms with Crippen molar-refractivity contribution in [3.63, 3.8) is 0 Å². The second-order valence-corrected chi connectivity index (χ2v) is 5.22. The van der Waals surface area contributed by atoms with Crippen LogP contribution in [0.5, 0.6) is 5.88 Å². The number of nitrogens with two attached hydrogens (primary N) is 1. The van der Waals surface area contributed by atoms with E-state index in [1.807, 2.05) is 54.6 Å². The lowest BCUT2D eigenvalue weighted by Crippen LogP contribution is -2.01. The maximum Gasteiger partial charge on any atom is 0.221 e. The summed E-state index contributed by atoms with van der Waals surface area (Å²) in [6, 6.07) is 17.5. The molecule has 0 saturated heterocycles. The Labute approximate surface area is 132 Å². The number of fused-ring (bicyclic) bond motifs is 1. The highest BCUT2D eigenvalue weighted by atomic mass is 32.1. The Morgan fingerprint density at radius 1 is 1.09 bits per heavy atom. The van der Waals surface area contributed by atoms with Gasteiger partial charge in [-0.25, -0.2) is 0 Å². The number of aromatic hydroxyl groups is 1. The third-order valence-corrected chi connectivity index (χ3v) is 3.43. The lowest BCUT2D eigenvalue weighted by atomic mass is 10.2. The first-order valence-corrected chi connectivity index (χ1v) is 7.13. The minimum atomic E-state index is -0.0701. The average Bonchev–Trinajstić information content (AvgIpc) is 2.79. The van der Waals surface area contributed by atoms with Crippen LogP contribution in [-0.2, 0) is 6.54 Å². The zero-order chi connectivity index (χ0) is 15.5.